The number of rotatable bonds is 9. The number of hydrogen-bond acceptors (Lipinski definition) is 4. The van der Waals surface area contributed by atoms with Gasteiger partial charge in [0.15, 0.2) is 0 Å². The first kappa shape index (κ1) is 16.1. The van der Waals surface area contributed by atoms with Gasteiger partial charge in [-0.15, -0.1) is 0 Å². The van der Waals surface area contributed by atoms with Crippen LogP contribution in [0.4, 0.5) is 0 Å². The third-order valence-corrected chi connectivity index (χ3v) is 3.33. The van der Waals surface area contributed by atoms with Crippen LogP contribution in [-0.2, 0) is 17.9 Å². The van der Waals surface area contributed by atoms with Gasteiger partial charge in [-0.05, 0) is 24.0 Å². The van der Waals surface area contributed by atoms with Crippen LogP contribution in [0.1, 0.15) is 17.5 Å². The van der Waals surface area contributed by atoms with E-state index in [1.807, 2.05) is 60.7 Å². The highest BCUT2D eigenvalue weighted by Crippen LogP contribution is 2.06. The minimum absolute atomic E-state index is 0.151. The molecule has 2 aromatic rings. The number of hydrogen-bond donors (Lipinski definition) is 1. The predicted octanol–water partition coefficient (Wildman–Crippen LogP) is 2.99. The average molecular weight is 300 g/mol. The molecule has 1 unspecified atom stereocenters. The minimum Gasteiger partial charge on any atom is -0.297 e. The summed E-state index contributed by atoms with van der Waals surface area (Å²) in [6.07, 6.45) is 1.43. The van der Waals surface area contributed by atoms with E-state index < -0.39 is 0 Å². The maximum Gasteiger partial charge on any atom is 0.221 e. The summed E-state index contributed by atoms with van der Waals surface area (Å²) in [6, 6.07) is 19.3. The van der Waals surface area contributed by atoms with Crippen molar-refractivity contribution in [2.45, 2.75) is 25.5 Å². The lowest BCUT2D eigenvalue weighted by atomic mass is 10.1. The third kappa shape index (κ3) is 6.03. The zero-order valence-electron chi connectivity index (χ0n) is 12.4. The fourth-order valence-corrected chi connectivity index (χ4v) is 2.17. The predicted molar refractivity (Wildman–Crippen MR) is 84.8 cm³/mol. The van der Waals surface area contributed by atoms with Crippen molar-refractivity contribution in [3.8, 4) is 0 Å². The molecule has 0 bridgehead atoms. The Bertz CT molecular complexity index is 561. The van der Waals surface area contributed by atoms with Gasteiger partial charge in [-0.25, -0.2) is 0 Å². The van der Waals surface area contributed by atoms with Gasteiger partial charge < -0.3 is 0 Å². The van der Waals surface area contributed by atoms with E-state index in [4.69, 9.17) is 4.84 Å². The quantitative estimate of drug-likeness (QED) is 0.571. The first-order valence-electron chi connectivity index (χ1n) is 7.31. The number of benzene rings is 2. The van der Waals surface area contributed by atoms with Gasteiger partial charge in [-0.2, -0.15) is 5.48 Å². The van der Waals surface area contributed by atoms with Crippen LogP contribution >= 0.6 is 0 Å². The first-order chi connectivity index (χ1) is 10.7. The molecule has 0 aromatic heterocycles. The second kappa shape index (κ2) is 8.92. The van der Waals surface area contributed by atoms with E-state index in [2.05, 4.69) is 5.48 Å². The van der Waals surface area contributed by atoms with Gasteiger partial charge in [-0.3, -0.25) is 15.0 Å². The molecule has 0 aliphatic heterocycles. The molecule has 2 rings (SSSR count). The number of nitro groups is 1. The van der Waals surface area contributed by atoms with Crippen molar-refractivity contribution in [1.82, 2.24) is 5.48 Å². The van der Waals surface area contributed by atoms with Crippen molar-refractivity contribution in [1.29, 1.82) is 0 Å². The van der Waals surface area contributed by atoms with Gasteiger partial charge in [0, 0.05) is 4.92 Å². The third-order valence-electron chi connectivity index (χ3n) is 3.33. The average Bonchev–Trinajstić information content (AvgIpc) is 2.54. The molecule has 0 radical (unpaired) electrons. The molecule has 5 heteroatoms. The fraction of sp³-hybridized carbons (Fsp3) is 0.294. The van der Waals surface area contributed by atoms with E-state index >= 15 is 0 Å². The Kier molecular flexibility index (Phi) is 6.54. The molecule has 0 heterocycles. The molecule has 0 aliphatic carbocycles. The standard InChI is InChI=1S/C17H20N2O3/c20-19(21)13-17(12-11-15-7-3-1-4-8-15)18-22-14-16-9-5-2-6-10-16/h1-10,17-18H,11-14H2. The molecule has 0 saturated heterocycles. The van der Waals surface area contributed by atoms with Gasteiger partial charge in [0.25, 0.3) is 0 Å². The second-order valence-corrected chi connectivity index (χ2v) is 5.13. The Hall–Kier alpha value is -2.24. The molecular formula is C17H20N2O3. The Labute approximate surface area is 130 Å². The summed E-state index contributed by atoms with van der Waals surface area (Å²) < 4.78 is 0. The highest BCUT2D eigenvalue weighted by atomic mass is 16.7. The summed E-state index contributed by atoms with van der Waals surface area (Å²) in [4.78, 5) is 15.9. The van der Waals surface area contributed by atoms with Gasteiger partial charge >= 0.3 is 0 Å². The van der Waals surface area contributed by atoms with E-state index in [0.717, 1.165) is 12.0 Å². The van der Waals surface area contributed by atoms with Crippen molar-refractivity contribution < 1.29 is 9.76 Å². The second-order valence-electron chi connectivity index (χ2n) is 5.13. The molecule has 1 N–H and O–H groups in total. The van der Waals surface area contributed by atoms with Crippen LogP contribution in [-0.4, -0.2) is 17.5 Å². The zero-order valence-corrected chi connectivity index (χ0v) is 12.4. The Morgan fingerprint density at radius 1 is 1.00 bits per heavy atom. The first-order valence-corrected chi connectivity index (χ1v) is 7.31. The Morgan fingerprint density at radius 3 is 2.18 bits per heavy atom. The van der Waals surface area contributed by atoms with Crippen LogP contribution in [0.2, 0.25) is 0 Å². The lowest BCUT2D eigenvalue weighted by molar-refractivity contribution is -0.485. The summed E-state index contributed by atoms with van der Waals surface area (Å²) in [5.41, 5.74) is 5.02. The van der Waals surface area contributed by atoms with Crippen LogP contribution in [0.15, 0.2) is 60.7 Å². The van der Waals surface area contributed by atoms with Crippen LogP contribution < -0.4 is 5.48 Å². The topological polar surface area (TPSA) is 64.4 Å². The van der Waals surface area contributed by atoms with Crippen LogP contribution in [0, 0.1) is 10.1 Å². The SMILES string of the molecule is O=[N+]([O-])CC(CCc1ccccc1)NOCc1ccccc1. The Morgan fingerprint density at radius 2 is 1.59 bits per heavy atom. The van der Waals surface area contributed by atoms with Crippen LogP contribution in [0.25, 0.3) is 0 Å². The molecule has 22 heavy (non-hydrogen) atoms. The summed E-state index contributed by atoms with van der Waals surface area (Å²) in [5, 5.41) is 10.8. The van der Waals surface area contributed by atoms with E-state index in [9.17, 15) is 10.1 Å². The van der Waals surface area contributed by atoms with E-state index in [0.29, 0.717) is 13.0 Å². The van der Waals surface area contributed by atoms with Crippen molar-refractivity contribution in [2.75, 3.05) is 6.54 Å². The van der Waals surface area contributed by atoms with Crippen molar-refractivity contribution in [2.24, 2.45) is 0 Å². The molecule has 116 valence electrons. The maximum absolute atomic E-state index is 10.8. The molecule has 0 fully saturated rings. The summed E-state index contributed by atoms with van der Waals surface area (Å²) in [7, 11) is 0. The van der Waals surface area contributed by atoms with E-state index in [-0.39, 0.29) is 17.5 Å². The molecule has 2 aromatic carbocycles. The number of hydroxylamine groups is 1. The molecule has 1 atom stereocenters. The summed E-state index contributed by atoms with van der Waals surface area (Å²) in [6.45, 7) is 0.238. The minimum atomic E-state index is -0.311. The smallest absolute Gasteiger partial charge is 0.221 e. The molecule has 0 amide bonds. The molecule has 5 nitrogen and oxygen atoms in total. The zero-order chi connectivity index (χ0) is 15.6. The fourth-order valence-electron chi connectivity index (χ4n) is 2.17. The molecule has 0 spiro atoms. The number of nitrogens with zero attached hydrogens (tertiary/aromatic N) is 1. The van der Waals surface area contributed by atoms with Crippen LogP contribution in [0.5, 0.6) is 0 Å². The molecule has 0 saturated carbocycles. The van der Waals surface area contributed by atoms with Gasteiger partial charge in [-0.1, -0.05) is 60.7 Å². The van der Waals surface area contributed by atoms with Gasteiger partial charge in [0.1, 0.15) is 0 Å². The van der Waals surface area contributed by atoms with Crippen molar-refractivity contribution in [3.63, 3.8) is 0 Å². The monoisotopic (exact) mass is 300 g/mol. The van der Waals surface area contributed by atoms with Crippen molar-refractivity contribution >= 4 is 0 Å². The highest BCUT2D eigenvalue weighted by Gasteiger charge is 2.15. The van der Waals surface area contributed by atoms with E-state index in [1.54, 1.807) is 0 Å². The van der Waals surface area contributed by atoms with Crippen molar-refractivity contribution in [3.05, 3.63) is 81.9 Å². The summed E-state index contributed by atoms with van der Waals surface area (Å²) >= 11 is 0. The molecular weight excluding hydrogens is 280 g/mol. The van der Waals surface area contributed by atoms with Gasteiger partial charge in [0.05, 0.1) is 12.6 Å². The summed E-state index contributed by atoms with van der Waals surface area (Å²) in [5.74, 6) is 0. The van der Waals surface area contributed by atoms with E-state index in [1.165, 1.54) is 5.56 Å². The largest absolute Gasteiger partial charge is 0.297 e. The highest BCUT2D eigenvalue weighted by molar-refractivity contribution is 5.15. The Balaban J connectivity index is 1.79. The lowest BCUT2D eigenvalue weighted by Gasteiger charge is -2.15. The molecule has 0 aliphatic rings. The lowest BCUT2D eigenvalue weighted by Crippen LogP contribution is -2.36. The number of nitrogens with one attached hydrogen (secondary N) is 1. The van der Waals surface area contributed by atoms with Crippen LogP contribution in [0.3, 0.4) is 0 Å². The van der Waals surface area contributed by atoms with Gasteiger partial charge in [0.2, 0.25) is 6.54 Å². The number of aryl methyl sites for hydroxylation is 1. The maximum atomic E-state index is 10.8. The normalized spacial score (nSPS) is 12.0.